The van der Waals surface area contributed by atoms with E-state index in [1.807, 2.05) is 6.92 Å². The lowest BCUT2D eigenvalue weighted by atomic mass is 10.1. The van der Waals surface area contributed by atoms with Gasteiger partial charge in [0.15, 0.2) is 17.6 Å². The Balaban J connectivity index is 1.48. The summed E-state index contributed by atoms with van der Waals surface area (Å²) in [6.45, 7) is 2.56. The van der Waals surface area contributed by atoms with E-state index >= 15 is 0 Å². The van der Waals surface area contributed by atoms with Gasteiger partial charge in [0.2, 0.25) is 10.0 Å². The van der Waals surface area contributed by atoms with E-state index in [2.05, 4.69) is 5.32 Å². The quantitative estimate of drug-likeness (QED) is 0.660. The van der Waals surface area contributed by atoms with Crippen LogP contribution in [0.5, 0.6) is 17.2 Å². The van der Waals surface area contributed by atoms with Crippen molar-refractivity contribution in [2.45, 2.75) is 24.3 Å². The summed E-state index contributed by atoms with van der Waals surface area (Å²) in [6, 6.07) is 9.49. The molecule has 2 aliphatic heterocycles. The molecule has 2 aromatic carbocycles. The fraction of sp³-hybridized carbons (Fsp3) is 0.391. The maximum atomic E-state index is 13.2. The Hall–Kier alpha value is -3.31. The molecule has 182 valence electrons. The average Bonchev–Trinajstić information content (AvgIpc) is 2.86. The second kappa shape index (κ2) is 9.51. The summed E-state index contributed by atoms with van der Waals surface area (Å²) in [4.78, 5) is 26.8. The minimum atomic E-state index is -3.83. The van der Waals surface area contributed by atoms with Crippen LogP contribution in [0, 0.1) is 0 Å². The maximum Gasteiger partial charge on any atom is 0.265 e. The molecule has 0 aliphatic carbocycles. The molecule has 0 unspecified atom stereocenters. The SMILES string of the molecule is CC[C@H]1Oc2ccc(S(=O)(=O)N3CCN(C(=O)c4cccc(OC)c4OC)CC3)cc2NC1=O. The van der Waals surface area contributed by atoms with Crippen LogP contribution < -0.4 is 19.5 Å². The third kappa shape index (κ3) is 4.28. The van der Waals surface area contributed by atoms with Gasteiger partial charge in [-0.15, -0.1) is 0 Å². The van der Waals surface area contributed by atoms with Crippen molar-refractivity contribution in [2.75, 3.05) is 45.7 Å². The minimum absolute atomic E-state index is 0.0549. The molecule has 0 aromatic heterocycles. The molecule has 2 aromatic rings. The number of fused-ring (bicyclic) bond motifs is 1. The summed E-state index contributed by atoms with van der Waals surface area (Å²) in [5.41, 5.74) is 0.684. The van der Waals surface area contributed by atoms with Gasteiger partial charge in [0, 0.05) is 26.2 Å². The van der Waals surface area contributed by atoms with Crippen molar-refractivity contribution < 1.29 is 32.2 Å². The van der Waals surface area contributed by atoms with E-state index in [9.17, 15) is 18.0 Å². The molecule has 2 amide bonds. The van der Waals surface area contributed by atoms with Gasteiger partial charge >= 0.3 is 0 Å². The largest absolute Gasteiger partial charge is 0.493 e. The first kappa shape index (κ1) is 23.8. The minimum Gasteiger partial charge on any atom is -0.493 e. The molecule has 1 saturated heterocycles. The Labute approximate surface area is 198 Å². The van der Waals surface area contributed by atoms with Gasteiger partial charge in [0.1, 0.15) is 5.75 Å². The fourth-order valence-electron chi connectivity index (χ4n) is 4.07. The molecule has 1 fully saturated rings. The number of para-hydroxylation sites is 1. The number of methoxy groups -OCH3 is 2. The Morgan fingerprint density at radius 3 is 2.50 bits per heavy atom. The van der Waals surface area contributed by atoms with Crippen molar-refractivity contribution >= 4 is 27.5 Å². The highest BCUT2D eigenvalue weighted by atomic mass is 32.2. The number of anilines is 1. The van der Waals surface area contributed by atoms with Crippen LogP contribution in [0.15, 0.2) is 41.3 Å². The zero-order valence-electron chi connectivity index (χ0n) is 19.2. The molecular formula is C23H27N3O7S. The van der Waals surface area contributed by atoms with Gasteiger partial charge in [-0.2, -0.15) is 4.31 Å². The van der Waals surface area contributed by atoms with Crippen LogP contribution in [0.25, 0.3) is 0 Å². The molecule has 1 atom stereocenters. The van der Waals surface area contributed by atoms with Crippen LogP contribution in [0.4, 0.5) is 5.69 Å². The first-order valence-corrected chi connectivity index (χ1v) is 12.4. The summed E-state index contributed by atoms with van der Waals surface area (Å²) in [6.07, 6.45) is -0.0838. The normalized spacial score (nSPS) is 18.5. The molecular weight excluding hydrogens is 462 g/mol. The van der Waals surface area contributed by atoms with Crippen molar-refractivity contribution in [2.24, 2.45) is 0 Å². The zero-order chi connectivity index (χ0) is 24.5. The van der Waals surface area contributed by atoms with Gasteiger partial charge in [0.05, 0.1) is 30.4 Å². The van der Waals surface area contributed by atoms with E-state index in [1.165, 1.54) is 30.7 Å². The second-order valence-corrected chi connectivity index (χ2v) is 9.84. The number of amides is 2. The van der Waals surface area contributed by atoms with E-state index in [0.29, 0.717) is 34.9 Å². The van der Waals surface area contributed by atoms with E-state index < -0.39 is 16.1 Å². The lowest BCUT2D eigenvalue weighted by Gasteiger charge is -2.34. The number of piperazine rings is 1. The zero-order valence-corrected chi connectivity index (χ0v) is 20.1. The molecule has 34 heavy (non-hydrogen) atoms. The van der Waals surface area contributed by atoms with Crippen LogP contribution in [-0.4, -0.2) is 75.9 Å². The van der Waals surface area contributed by atoms with Gasteiger partial charge in [-0.1, -0.05) is 13.0 Å². The molecule has 1 N–H and O–H groups in total. The van der Waals surface area contributed by atoms with Gasteiger partial charge in [0.25, 0.3) is 11.8 Å². The first-order chi connectivity index (χ1) is 16.3. The Morgan fingerprint density at radius 2 is 1.85 bits per heavy atom. The predicted octanol–water partition coefficient (Wildman–Crippen LogP) is 1.96. The van der Waals surface area contributed by atoms with E-state index in [4.69, 9.17) is 14.2 Å². The monoisotopic (exact) mass is 489 g/mol. The summed E-state index contributed by atoms with van der Waals surface area (Å²) in [5, 5.41) is 2.71. The van der Waals surface area contributed by atoms with E-state index in [-0.39, 0.29) is 42.9 Å². The summed E-state index contributed by atoms with van der Waals surface area (Å²) in [7, 11) is -0.863. The Bertz CT molecular complexity index is 1210. The van der Waals surface area contributed by atoms with Gasteiger partial charge < -0.3 is 24.4 Å². The third-order valence-electron chi connectivity index (χ3n) is 5.94. The van der Waals surface area contributed by atoms with Crippen molar-refractivity contribution in [1.82, 2.24) is 9.21 Å². The molecule has 10 nitrogen and oxygen atoms in total. The van der Waals surface area contributed by atoms with Crippen LogP contribution in [-0.2, 0) is 14.8 Å². The standard InChI is InChI=1S/C23H27N3O7S/c1-4-18-22(27)24-17-14-15(8-9-19(17)33-18)34(29,30)26-12-10-25(11-13-26)23(28)16-6-5-7-20(31-2)21(16)32-3/h5-9,14,18H,4,10-13H2,1-3H3,(H,24,27)/t18-/m1/s1. The number of benzene rings is 2. The molecule has 0 spiro atoms. The van der Waals surface area contributed by atoms with Crippen LogP contribution in [0.1, 0.15) is 23.7 Å². The van der Waals surface area contributed by atoms with E-state index in [0.717, 1.165) is 0 Å². The first-order valence-electron chi connectivity index (χ1n) is 10.9. The van der Waals surface area contributed by atoms with Gasteiger partial charge in [-0.3, -0.25) is 9.59 Å². The second-order valence-electron chi connectivity index (χ2n) is 7.90. The number of ether oxygens (including phenoxy) is 3. The number of hydrogen-bond donors (Lipinski definition) is 1. The number of hydrogen-bond acceptors (Lipinski definition) is 7. The molecule has 4 rings (SSSR count). The number of nitrogens with zero attached hydrogens (tertiary/aromatic N) is 2. The number of carbonyl (C=O) groups excluding carboxylic acids is 2. The predicted molar refractivity (Wildman–Crippen MR) is 124 cm³/mol. The van der Waals surface area contributed by atoms with Crippen LogP contribution in [0.3, 0.4) is 0 Å². The number of rotatable bonds is 6. The highest BCUT2D eigenvalue weighted by Gasteiger charge is 2.33. The molecule has 11 heteroatoms. The molecule has 2 heterocycles. The maximum absolute atomic E-state index is 13.2. The number of carbonyl (C=O) groups is 2. The summed E-state index contributed by atoms with van der Waals surface area (Å²) < 4.78 is 44.1. The number of nitrogens with one attached hydrogen (secondary N) is 1. The third-order valence-corrected chi connectivity index (χ3v) is 7.83. The van der Waals surface area contributed by atoms with Crippen molar-refractivity contribution in [3.05, 3.63) is 42.0 Å². The Kier molecular flexibility index (Phi) is 6.67. The summed E-state index contributed by atoms with van der Waals surface area (Å²) >= 11 is 0. The smallest absolute Gasteiger partial charge is 0.265 e. The lowest BCUT2D eigenvalue weighted by molar-refractivity contribution is -0.123. The lowest BCUT2D eigenvalue weighted by Crippen LogP contribution is -2.50. The topological polar surface area (TPSA) is 114 Å². The van der Waals surface area contributed by atoms with Crippen molar-refractivity contribution in [1.29, 1.82) is 0 Å². The number of sulfonamides is 1. The molecule has 0 radical (unpaired) electrons. The van der Waals surface area contributed by atoms with Crippen LogP contribution in [0.2, 0.25) is 0 Å². The molecule has 0 saturated carbocycles. The Morgan fingerprint density at radius 1 is 1.12 bits per heavy atom. The molecule has 0 bridgehead atoms. The van der Waals surface area contributed by atoms with Crippen LogP contribution >= 0.6 is 0 Å². The average molecular weight is 490 g/mol. The van der Waals surface area contributed by atoms with Crippen molar-refractivity contribution in [3.8, 4) is 17.2 Å². The van der Waals surface area contributed by atoms with Gasteiger partial charge in [-0.05, 0) is 36.8 Å². The molecule has 2 aliphatic rings. The summed E-state index contributed by atoms with van der Waals surface area (Å²) in [5.74, 6) is 0.668. The highest BCUT2D eigenvalue weighted by Crippen LogP contribution is 2.34. The van der Waals surface area contributed by atoms with Gasteiger partial charge in [-0.25, -0.2) is 8.42 Å². The highest BCUT2D eigenvalue weighted by molar-refractivity contribution is 7.89. The fourth-order valence-corrected chi connectivity index (χ4v) is 5.51. The van der Waals surface area contributed by atoms with E-state index in [1.54, 1.807) is 29.2 Å². The van der Waals surface area contributed by atoms with Crippen molar-refractivity contribution in [3.63, 3.8) is 0 Å².